The number of nitrogens with zero attached hydrogens (tertiary/aromatic N) is 1. The summed E-state index contributed by atoms with van der Waals surface area (Å²) in [7, 11) is 1.44. The Morgan fingerprint density at radius 3 is 2.54 bits per heavy atom. The van der Waals surface area contributed by atoms with Crippen LogP contribution in [0.1, 0.15) is 58.9 Å². The lowest BCUT2D eigenvalue weighted by Crippen LogP contribution is -2.46. The Hall–Kier alpha value is -3.98. The number of hydrogen-bond acceptors (Lipinski definition) is 6. The Morgan fingerprint density at radius 1 is 1.10 bits per heavy atom. The number of allylic oxidation sites excluding steroid dienone is 1. The molecule has 1 heterocycles. The predicted octanol–water partition coefficient (Wildman–Crippen LogP) is 5.56. The first kappa shape index (κ1) is 28.0. The molecule has 2 aromatic carbocycles. The summed E-state index contributed by atoms with van der Waals surface area (Å²) >= 11 is 1.40. The van der Waals surface area contributed by atoms with Crippen molar-refractivity contribution in [3.05, 3.63) is 94.0 Å². The van der Waals surface area contributed by atoms with Gasteiger partial charge in [0.05, 0.1) is 19.2 Å². The number of benzene rings is 2. The van der Waals surface area contributed by atoms with Gasteiger partial charge in [0.2, 0.25) is 11.8 Å². The van der Waals surface area contributed by atoms with E-state index in [9.17, 15) is 19.5 Å². The Labute approximate surface area is 230 Å². The number of carbonyl (C=O) groups is 3. The summed E-state index contributed by atoms with van der Waals surface area (Å²) in [5, 5.41) is 15.1. The molecule has 0 radical (unpaired) electrons. The molecule has 204 valence electrons. The molecule has 9 heteroatoms. The number of hydrogen-bond donors (Lipinski definition) is 2. The first-order valence-corrected chi connectivity index (χ1v) is 13.7. The van der Waals surface area contributed by atoms with E-state index in [0.29, 0.717) is 5.75 Å². The van der Waals surface area contributed by atoms with Crippen LogP contribution in [-0.4, -0.2) is 40.8 Å². The molecule has 1 saturated carbocycles. The van der Waals surface area contributed by atoms with Gasteiger partial charge in [0.15, 0.2) is 5.78 Å². The number of carbonyl (C=O) groups excluding carboxylic acids is 3. The van der Waals surface area contributed by atoms with Crippen molar-refractivity contribution in [3.8, 4) is 11.5 Å². The third kappa shape index (κ3) is 7.11. The maximum absolute atomic E-state index is 15.1. The van der Waals surface area contributed by atoms with E-state index < -0.39 is 29.5 Å². The van der Waals surface area contributed by atoms with Gasteiger partial charge in [-0.25, -0.2) is 4.39 Å². The van der Waals surface area contributed by atoms with E-state index in [1.165, 1.54) is 59.7 Å². The second-order valence-electron chi connectivity index (χ2n) is 9.39. The molecule has 2 N–H and O–H groups in total. The molecule has 0 unspecified atom stereocenters. The fourth-order valence-electron chi connectivity index (χ4n) is 4.72. The summed E-state index contributed by atoms with van der Waals surface area (Å²) in [6.45, 7) is 0.0416. The quantitative estimate of drug-likeness (QED) is 0.255. The molecule has 39 heavy (non-hydrogen) atoms. The van der Waals surface area contributed by atoms with Crippen molar-refractivity contribution in [3.63, 3.8) is 0 Å². The van der Waals surface area contributed by atoms with Crippen LogP contribution in [0.5, 0.6) is 11.5 Å². The summed E-state index contributed by atoms with van der Waals surface area (Å²) in [5.74, 6) is -2.23. The minimum Gasteiger partial charge on any atom is -0.507 e. The van der Waals surface area contributed by atoms with Crippen LogP contribution in [0, 0.1) is 5.82 Å². The number of rotatable bonds is 10. The molecular weight excluding hydrogens is 519 g/mol. The zero-order valence-corrected chi connectivity index (χ0v) is 22.5. The Bertz CT molecular complexity index is 1330. The van der Waals surface area contributed by atoms with Crippen LogP contribution in [0.4, 0.5) is 4.39 Å². The number of amides is 2. The van der Waals surface area contributed by atoms with Gasteiger partial charge < -0.3 is 20.1 Å². The highest BCUT2D eigenvalue weighted by molar-refractivity contribution is 7.09. The van der Waals surface area contributed by atoms with E-state index in [2.05, 4.69) is 5.32 Å². The highest BCUT2D eigenvalue weighted by Crippen LogP contribution is 2.29. The maximum atomic E-state index is 15.1. The van der Waals surface area contributed by atoms with E-state index in [4.69, 9.17) is 4.74 Å². The van der Waals surface area contributed by atoms with Crippen LogP contribution in [0.15, 0.2) is 72.1 Å². The molecule has 1 atom stereocenters. The van der Waals surface area contributed by atoms with Crippen molar-refractivity contribution in [1.29, 1.82) is 0 Å². The van der Waals surface area contributed by atoms with E-state index in [1.54, 1.807) is 6.07 Å². The average Bonchev–Trinajstić information content (AvgIpc) is 3.46. The Kier molecular flexibility index (Phi) is 9.49. The number of nitrogens with one attached hydrogen (secondary N) is 1. The first-order chi connectivity index (χ1) is 18.9. The highest BCUT2D eigenvalue weighted by atomic mass is 32.1. The summed E-state index contributed by atoms with van der Waals surface area (Å²) in [6.07, 6.45) is 6.86. The number of methoxy groups -OCH3 is 1. The van der Waals surface area contributed by atoms with Gasteiger partial charge >= 0.3 is 0 Å². The van der Waals surface area contributed by atoms with Crippen molar-refractivity contribution in [2.24, 2.45) is 0 Å². The molecule has 7 nitrogen and oxygen atoms in total. The van der Waals surface area contributed by atoms with Gasteiger partial charge in [-0.3, -0.25) is 14.4 Å². The number of thiophene rings is 1. The number of halogens is 1. The molecule has 2 amide bonds. The lowest BCUT2D eigenvalue weighted by atomic mass is 9.94. The van der Waals surface area contributed by atoms with Crippen molar-refractivity contribution >= 4 is 28.9 Å². The number of phenols is 1. The van der Waals surface area contributed by atoms with Gasteiger partial charge in [-0.05, 0) is 48.6 Å². The molecule has 1 fully saturated rings. The van der Waals surface area contributed by atoms with E-state index in [1.807, 2.05) is 17.5 Å². The minimum atomic E-state index is -1.25. The standard InChI is InChI=1S/C30H31FN2O5S/c1-38-21-13-14-24(27(35)18-21)26(34)15-16-28(36)33(19-22-10-7-17-39-22)29(23-11-5-6-12-25(23)31)30(37)32-20-8-3-2-4-9-20/h5-7,10-18,20,29,35H,2-4,8-9,19H2,1H3,(H,32,37)/b16-15+/t29-/m1/s1. The van der Waals surface area contributed by atoms with Gasteiger partial charge in [-0.1, -0.05) is 43.5 Å². The molecule has 0 spiro atoms. The minimum absolute atomic E-state index is 0.00893. The SMILES string of the molecule is COc1ccc(C(=O)/C=C/C(=O)N(Cc2cccs2)[C@@H](C(=O)NC2CCCCC2)c2ccccc2F)c(O)c1. The molecule has 1 aliphatic rings. The van der Waals surface area contributed by atoms with Crippen LogP contribution in [0.25, 0.3) is 0 Å². The zero-order valence-electron chi connectivity index (χ0n) is 21.6. The summed E-state index contributed by atoms with van der Waals surface area (Å²) in [5.41, 5.74) is 0.0635. The van der Waals surface area contributed by atoms with Crippen LogP contribution < -0.4 is 10.1 Å². The van der Waals surface area contributed by atoms with Crippen LogP contribution in [0.2, 0.25) is 0 Å². The summed E-state index contributed by atoms with van der Waals surface area (Å²) < 4.78 is 20.1. The van der Waals surface area contributed by atoms with E-state index in [-0.39, 0.29) is 29.5 Å². The molecule has 1 aromatic heterocycles. The molecule has 0 bridgehead atoms. The average molecular weight is 551 g/mol. The zero-order chi connectivity index (χ0) is 27.8. The number of ketones is 1. The third-order valence-electron chi connectivity index (χ3n) is 6.75. The number of phenolic OH excluding ortho intramolecular Hbond substituents is 1. The monoisotopic (exact) mass is 550 g/mol. The molecule has 0 aliphatic heterocycles. The van der Waals surface area contributed by atoms with Gasteiger partial charge in [-0.2, -0.15) is 0 Å². The largest absolute Gasteiger partial charge is 0.507 e. The third-order valence-corrected chi connectivity index (χ3v) is 7.61. The Morgan fingerprint density at radius 2 is 1.87 bits per heavy atom. The fourth-order valence-corrected chi connectivity index (χ4v) is 5.42. The lowest BCUT2D eigenvalue weighted by molar-refractivity contribution is -0.138. The molecule has 4 rings (SSSR count). The van der Waals surface area contributed by atoms with Crippen LogP contribution in [0.3, 0.4) is 0 Å². The van der Waals surface area contributed by atoms with Crippen molar-refractivity contribution in [1.82, 2.24) is 10.2 Å². The molecule has 1 aliphatic carbocycles. The van der Waals surface area contributed by atoms with Crippen molar-refractivity contribution < 1.29 is 28.6 Å². The van der Waals surface area contributed by atoms with E-state index >= 15 is 4.39 Å². The normalized spacial score (nSPS) is 14.6. The summed E-state index contributed by atoms with van der Waals surface area (Å²) in [4.78, 5) is 42.2. The number of aromatic hydroxyl groups is 1. The van der Waals surface area contributed by atoms with Gasteiger partial charge in [0.1, 0.15) is 23.4 Å². The molecule has 0 saturated heterocycles. The maximum Gasteiger partial charge on any atom is 0.247 e. The van der Waals surface area contributed by atoms with Gasteiger partial charge in [0, 0.05) is 28.6 Å². The van der Waals surface area contributed by atoms with Crippen LogP contribution in [-0.2, 0) is 16.1 Å². The van der Waals surface area contributed by atoms with Gasteiger partial charge in [-0.15, -0.1) is 11.3 Å². The highest BCUT2D eigenvalue weighted by Gasteiger charge is 2.34. The fraction of sp³-hybridized carbons (Fsp3) is 0.300. The van der Waals surface area contributed by atoms with Crippen molar-refractivity contribution in [2.45, 2.75) is 50.7 Å². The second-order valence-corrected chi connectivity index (χ2v) is 10.4. The van der Waals surface area contributed by atoms with E-state index in [0.717, 1.165) is 49.1 Å². The number of ether oxygens (including phenoxy) is 1. The van der Waals surface area contributed by atoms with Crippen LogP contribution >= 0.6 is 11.3 Å². The predicted molar refractivity (Wildman–Crippen MR) is 147 cm³/mol. The molecule has 3 aromatic rings. The molecular formula is C30H31FN2O5S. The Balaban J connectivity index is 1.66. The smallest absolute Gasteiger partial charge is 0.247 e. The first-order valence-electron chi connectivity index (χ1n) is 12.8. The van der Waals surface area contributed by atoms with Crippen molar-refractivity contribution in [2.75, 3.05) is 7.11 Å². The lowest BCUT2D eigenvalue weighted by Gasteiger charge is -2.32. The summed E-state index contributed by atoms with van der Waals surface area (Å²) in [6, 6.07) is 12.5. The topological polar surface area (TPSA) is 95.9 Å². The van der Waals surface area contributed by atoms with Gasteiger partial charge in [0.25, 0.3) is 0 Å². The second kappa shape index (κ2) is 13.2.